The molecular formula is C9H14N4O4S3. The summed E-state index contributed by atoms with van der Waals surface area (Å²) >= 11 is 4.73. The summed E-state index contributed by atoms with van der Waals surface area (Å²) in [5.41, 5.74) is 5.40. The van der Waals surface area contributed by atoms with Crippen LogP contribution >= 0.6 is 12.2 Å². The molecule has 0 bridgehead atoms. The fraction of sp³-hybridized carbons (Fsp3) is 0.333. The quantitative estimate of drug-likeness (QED) is 0.409. The number of aromatic nitrogens is 1. The van der Waals surface area contributed by atoms with Crippen molar-refractivity contribution in [1.82, 2.24) is 14.4 Å². The monoisotopic (exact) mass is 338 g/mol. The van der Waals surface area contributed by atoms with Crippen molar-refractivity contribution in [3.63, 3.8) is 0 Å². The average molecular weight is 338 g/mol. The Bertz CT molecular complexity index is 700. The minimum Gasteiger partial charge on any atom is -0.388 e. The lowest BCUT2D eigenvalue weighted by Gasteiger charge is -2.09. The number of nitrogens with one attached hydrogen (secondary N) is 2. The molecule has 0 saturated carbocycles. The predicted molar refractivity (Wildman–Crippen MR) is 78.2 cm³/mol. The van der Waals surface area contributed by atoms with E-state index in [4.69, 9.17) is 18.0 Å². The van der Waals surface area contributed by atoms with Crippen LogP contribution in [0.1, 0.15) is 5.69 Å². The van der Waals surface area contributed by atoms with E-state index in [2.05, 4.69) is 14.4 Å². The molecule has 0 atom stereocenters. The summed E-state index contributed by atoms with van der Waals surface area (Å²) in [4.78, 5) is 3.53. The van der Waals surface area contributed by atoms with Crippen molar-refractivity contribution >= 4 is 37.3 Å². The second-order valence-electron chi connectivity index (χ2n) is 3.78. The van der Waals surface area contributed by atoms with Gasteiger partial charge in [0.15, 0.2) is 0 Å². The lowest BCUT2D eigenvalue weighted by atomic mass is 10.3. The molecule has 0 aliphatic heterocycles. The maximum absolute atomic E-state index is 12.0. The van der Waals surface area contributed by atoms with Crippen LogP contribution in [0.25, 0.3) is 0 Å². The number of nitrogens with zero attached hydrogens (tertiary/aromatic N) is 1. The molecule has 0 saturated heterocycles. The topological polar surface area (TPSA) is 131 Å². The normalized spacial score (nSPS) is 12.2. The highest BCUT2D eigenvalue weighted by molar-refractivity contribution is 7.89. The van der Waals surface area contributed by atoms with Gasteiger partial charge in [0.05, 0.1) is 6.26 Å². The van der Waals surface area contributed by atoms with E-state index < -0.39 is 20.0 Å². The molecule has 0 amide bonds. The van der Waals surface area contributed by atoms with Gasteiger partial charge in [0.1, 0.15) is 15.6 Å². The third-order valence-electron chi connectivity index (χ3n) is 2.07. The van der Waals surface area contributed by atoms with Gasteiger partial charge in [-0.05, 0) is 12.1 Å². The zero-order valence-electron chi connectivity index (χ0n) is 10.5. The fourth-order valence-corrected chi connectivity index (χ4v) is 3.19. The molecule has 0 spiro atoms. The van der Waals surface area contributed by atoms with Gasteiger partial charge in [0.2, 0.25) is 20.0 Å². The Morgan fingerprint density at radius 1 is 1.30 bits per heavy atom. The third-order valence-corrected chi connectivity index (χ3v) is 4.49. The molecule has 112 valence electrons. The van der Waals surface area contributed by atoms with Gasteiger partial charge in [-0.25, -0.2) is 26.3 Å². The average Bonchev–Trinajstić information content (AvgIpc) is 2.33. The van der Waals surface area contributed by atoms with Crippen LogP contribution in [0.3, 0.4) is 0 Å². The molecule has 0 radical (unpaired) electrons. The molecule has 0 aliphatic carbocycles. The maximum atomic E-state index is 12.0. The Labute approximate surface area is 122 Å². The number of thiocarbonyl (C=S) groups is 1. The summed E-state index contributed by atoms with van der Waals surface area (Å²) in [6, 6.07) is 2.75. The van der Waals surface area contributed by atoms with Crippen molar-refractivity contribution in [1.29, 1.82) is 0 Å². The molecule has 0 aromatic carbocycles. The fourth-order valence-electron chi connectivity index (χ4n) is 1.29. The first-order chi connectivity index (χ1) is 9.13. The summed E-state index contributed by atoms with van der Waals surface area (Å²) in [6.07, 6.45) is 2.35. The summed E-state index contributed by atoms with van der Waals surface area (Å²) in [5, 5.41) is 0. The molecule has 1 heterocycles. The van der Waals surface area contributed by atoms with Crippen molar-refractivity contribution in [2.75, 3.05) is 19.3 Å². The van der Waals surface area contributed by atoms with E-state index in [1.54, 1.807) is 0 Å². The minimum atomic E-state index is -3.87. The van der Waals surface area contributed by atoms with Crippen molar-refractivity contribution in [2.45, 2.75) is 4.90 Å². The summed E-state index contributed by atoms with van der Waals surface area (Å²) in [5.74, 6) is 0. The Morgan fingerprint density at radius 3 is 2.45 bits per heavy atom. The highest BCUT2D eigenvalue weighted by atomic mass is 32.2. The summed E-state index contributed by atoms with van der Waals surface area (Å²) in [6.45, 7) is -0.179. The number of rotatable bonds is 7. The highest BCUT2D eigenvalue weighted by Gasteiger charge is 2.20. The molecule has 4 N–H and O–H groups in total. The van der Waals surface area contributed by atoms with E-state index in [1.807, 2.05) is 0 Å². The molecule has 0 aliphatic rings. The molecule has 0 unspecified atom stereocenters. The van der Waals surface area contributed by atoms with E-state index >= 15 is 0 Å². The van der Waals surface area contributed by atoms with Gasteiger partial charge in [-0.3, -0.25) is 4.98 Å². The minimum absolute atomic E-state index is 0.00827. The van der Waals surface area contributed by atoms with E-state index in [-0.39, 0.29) is 28.7 Å². The summed E-state index contributed by atoms with van der Waals surface area (Å²) in [7, 11) is -7.23. The molecule has 1 aromatic heterocycles. The standard InChI is InChI=1S/C9H14N4O4S3/c1-19(14,15)12-5-6-13-20(16,17)7-3-2-4-11-8(7)9(10)18/h2-4,12-13H,5-6H2,1H3,(H2,10,18). The largest absolute Gasteiger partial charge is 0.388 e. The summed E-state index contributed by atoms with van der Waals surface area (Å²) < 4.78 is 50.1. The number of hydrogen-bond donors (Lipinski definition) is 3. The van der Waals surface area contributed by atoms with Gasteiger partial charge in [-0.15, -0.1) is 0 Å². The van der Waals surface area contributed by atoms with E-state index in [9.17, 15) is 16.8 Å². The smallest absolute Gasteiger partial charge is 0.242 e. The van der Waals surface area contributed by atoms with E-state index in [1.165, 1.54) is 18.3 Å². The number of sulfonamides is 2. The van der Waals surface area contributed by atoms with Crippen LogP contribution in [0.15, 0.2) is 23.2 Å². The van der Waals surface area contributed by atoms with E-state index in [0.717, 1.165) is 6.26 Å². The van der Waals surface area contributed by atoms with E-state index in [0.29, 0.717) is 0 Å². The first-order valence-corrected chi connectivity index (χ1v) is 9.11. The van der Waals surface area contributed by atoms with Gasteiger partial charge < -0.3 is 5.73 Å². The second-order valence-corrected chi connectivity index (χ2v) is 7.79. The predicted octanol–water partition coefficient (Wildman–Crippen LogP) is -1.46. The van der Waals surface area contributed by atoms with Gasteiger partial charge >= 0.3 is 0 Å². The van der Waals surface area contributed by atoms with Crippen LogP contribution in [-0.4, -0.2) is 46.2 Å². The van der Waals surface area contributed by atoms with Gasteiger partial charge in [-0.1, -0.05) is 12.2 Å². The molecule has 0 fully saturated rings. The Kier molecular flexibility index (Phi) is 5.53. The van der Waals surface area contributed by atoms with Gasteiger partial charge in [-0.2, -0.15) is 0 Å². The van der Waals surface area contributed by atoms with Crippen LogP contribution in [0.2, 0.25) is 0 Å². The van der Waals surface area contributed by atoms with Crippen molar-refractivity contribution in [3.05, 3.63) is 24.0 Å². The zero-order chi connectivity index (χ0) is 15.4. The Hall–Kier alpha value is -1.14. The van der Waals surface area contributed by atoms with Crippen LogP contribution in [0.5, 0.6) is 0 Å². The van der Waals surface area contributed by atoms with Crippen molar-refractivity contribution in [3.8, 4) is 0 Å². The Morgan fingerprint density at radius 2 is 1.90 bits per heavy atom. The Balaban J connectivity index is 2.82. The first kappa shape index (κ1) is 16.9. The van der Waals surface area contributed by atoms with Gasteiger partial charge in [0.25, 0.3) is 0 Å². The second kappa shape index (κ2) is 6.54. The van der Waals surface area contributed by atoms with Crippen molar-refractivity contribution < 1.29 is 16.8 Å². The van der Waals surface area contributed by atoms with Gasteiger partial charge in [0, 0.05) is 19.3 Å². The molecular weight excluding hydrogens is 324 g/mol. The third kappa shape index (κ3) is 5.09. The molecule has 11 heteroatoms. The maximum Gasteiger partial charge on any atom is 0.242 e. The van der Waals surface area contributed by atoms with Crippen LogP contribution in [-0.2, 0) is 20.0 Å². The zero-order valence-corrected chi connectivity index (χ0v) is 13.0. The molecule has 8 nitrogen and oxygen atoms in total. The highest BCUT2D eigenvalue weighted by Crippen LogP contribution is 2.12. The van der Waals surface area contributed by atoms with Crippen LogP contribution < -0.4 is 15.2 Å². The number of hydrogen-bond acceptors (Lipinski definition) is 6. The molecule has 20 heavy (non-hydrogen) atoms. The lowest BCUT2D eigenvalue weighted by Crippen LogP contribution is -2.35. The first-order valence-electron chi connectivity index (χ1n) is 5.32. The molecule has 1 aromatic rings. The number of nitrogens with two attached hydrogens (primary N) is 1. The van der Waals surface area contributed by atoms with Crippen LogP contribution in [0, 0.1) is 0 Å². The lowest BCUT2D eigenvalue weighted by molar-refractivity contribution is 0.573. The molecule has 1 rings (SSSR count). The van der Waals surface area contributed by atoms with Crippen molar-refractivity contribution in [2.24, 2.45) is 5.73 Å². The number of pyridine rings is 1. The SMILES string of the molecule is CS(=O)(=O)NCCNS(=O)(=O)c1cccnc1C(N)=S. The van der Waals surface area contributed by atoms with Crippen LogP contribution in [0.4, 0.5) is 0 Å².